The van der Waals surface area contributed by atoms with Gasteiger partial charge in [0, 0.05) is 38.5 Å². The Labute approximate surface area is 480 Å². The Balaban J connectivity index is 0.921. The van der Waals surface area contributed by atoms with Gasteiger partial charge in [0.05, 0.1) is 16.5 Å². The highest BCUT2D eigenvalue weighted by molar-refractivity contribution is 6.26. The van der Waals surface area contributed by atoms with Crippen molar-refractivity contribution in [1.82, 2.24) is 0 Å². The molecule has 2 aromatic heterocycles. The van der Waals surface area contributed by atoms with Crippen LogP contribution in [0.3, 0.4) is 0 Å². The van der Waals surface area contributed by atoms with E-state index in [1.807, 2.05) is 0 Å². The quantitative estimate of drug-likeness (QED) is 0.159. The second-order valence-electron chi connectivity index (χ2n) is 22.5. The van der Waals surface area contributed by atoms with Crippen LogP contribution in [0.1, 0.15) is 44.5 Å². The molecule has 0 atom stereocenters. The summed E-state index contributed by atoms with van der Waals surface area (Å²) < 4.78 is 14.8. The van der Waals surface area contributed by atoms with Crippen LogP contribution in [-0.2, 0) is 10.8 Å². The zero-order valence-electron chi connectivity index (χ0n) is 45.1. The van der Waals surface area contributed by atoms with Crippen molar-refractivity contribution in [2.45, 2.75) is 10.8 Å². The molecule has 0 amide bonds. The van der Waals surface area contributed by atoms with E-state index in [9.17, 15) is 0 Å². The van der Waals surface area contributed by atoms with Crippen molar-refractivity contribution in [3.8, 4) is 55.6 Å². The minimum absolute atomic E-state index is 0.526. The Morgan fingerprint density at radius 2 is 0.759 bits per heavy atom. The number of fused-ring (bicyclic) bond motifs is 19. The highest BCUT2D eigenvalue weighted by Crippen LogP contribution is 2.64. The van der Waals surface area contributed by atoms with Crippen molar-refractivity contribution < 1.29 is 8.83 Å². The van der Waals surface area contributed by atoms with Gasteiger partial charge in [-0.2, -0.15) is 0 Å². The summed E-state index contributed by atoms with van der Waals surface area (Å²) in [5, 5.41) is 4.08. The van der Waals surface area contributed by atoms with E-state index in [1.165, 1.54) is 83.5 Å². The molecule has 1 spiro atoms. The molecule has 15 aromatic rings. The van der Waals surface area contributed by atoms with Crippen LogP contribution in [0.5, 0.6) is 0 Å². The molecule has 0 N–H and O–H groups in total. The number of nitrogens with zero attached hydrogens (tertiary/aromatic N) is 1. The molecule has 13 aromatic carbocycles. The molecule has 0 aliphatic heterocycles. The molecule has 3 aliphatic carbocycles. The fourth-order valence-corrected chi connectivity index (χ4v) is 15.3. The lowest BCUT2D eigenvalue weighted by Crippen LogP contribution is -2.28. The lowest BCUT2D eigenvalue weighted by Gasteiger charge is -2.34. The Morgan fingerprint density at radius 1 is 0.265 bits per heavy atom. The number of benzene rings is 13. The number of anilines is 3. The molecule has 0 saturated carbocycles. The van der Waals surface area contributed by atoms with Crippen molar-refractivity contribution in [2.75, 3.05) is 4.90 Å². The van der Waals surface area contributed by atoms with Crippen LogP contribution < -0.4 is 4.90 Å². The van der Waals surface area contributed by atoms with Gasteiger partial charge in [-0.25, -0.2) is 0 Å². The van der Waals surface area contributed by atoms with E-state index < -0.39 is 10.8 Å². The molecule has 3 nitrogen and oxygen atoms in total. The first-order valence-electron chi connectivity index (χ1n) is 28.7. The van der Waals surface area contributed by atoms with Gasteiger partial charge in [-0.3, -0.25) is 0 Å². The zero-order valence-corrected chi connectivity index (χ0v) is 45.1. The number of rotatable bonds is 7. The minimum atomic E-state index is -0.591. The van der Waals surface area contributed by atoms with Gasteiger partial charge in [0.25, 0.3) is 0 Å². The Kier molecular flexibility index (Phi) is 9.64. The van der Waals surface area contributed by atoms with Crippen molar-refractivity contribution >= 4 is 60.9 Å². The molecule has 0 unspecified atom stereocenters. The molecule has 3 aliphatic rings. The summed E-state index contributed by atoms with van der Waals surface area (Å²) in [6.07, 6.45) is 0. The lowest BCUT2D eigenvalue weighted by atomic mass is 9.67. The number of hydrogen-bond acceptors (Lipinski definition) is 3. The van der Waals surface area contributed by atoms with Gasteiger partial charge in [0.1, 0.15) is 16.7 Å². The first kappa shape index (κ1) is 46.1. The fraction of sp³-hybridized carbons (Fsp3) is 0.0250. The summed E-state index contributed by atoms with van der Waals surface area (Å²) >= 11 is 0. The van der Waals surface area contributed by atoms with E-state index >= 15 is 0 Å². The van der Waals surface area contributed by atoms with E-state index in [2.05, 4.69) is 302 Å². The molecule has 2 heterocycles. The van der Waals surface area contributed by atoms with Gasteiger partial charge in [0.2, 0.25) is 0 Å². The third-order valence-electron chi connectivity index (χ3n) is 18.6. The number of furan rings is 2. The van der Waals surface area contributed by atoms with Crippen LogP contribution in [-0.4, -0.2) is 0 Å². The average molecular weight is 1060 g/mol. The molecule has 386 valence electrons. The third kappa shape index (κ3) is 6.18. The maximum absolute atomic E-state index is 7.83. The summed E-state index contributed by atoms with van der Waals surface area (Å²) in [4.78, 5) is 2.42. The Hall–Kier alpha value is -10.7. The maximum Gasteiger partial charge on any atom is 0.159 e. The highest BCUT2D eigenvalue weighted by Gasteiger charge is 2.52. The maximum atomic E-state index is 7.83. The molecule has 0 saturated heterocycles. The van der Waals surface area contributed by atoms with Crippen LogP contribution in [0.15, 0.2) is 306 Å². The van der Waals surface area contributed by atoms with E-state index in [4.69, 9.17) is 8.83 Å². The van der Waals surface area contributed by atoms with Crippen LogP contribution in [0.2, 0.25) is 0 Å². The van der Waals surface area contributed by atoms with E-state index in [-0.39, 0.29) is 0 Å². The third-order valence-corrected chi connectivity index (χ3v) is 18.6. The first-order chi connectivity index (χ1) is 41.2. The monoisotopic (exact) mass is 1060 g/mol. The lowest BCUT2D eigenvalue weighted by molar-refractivity contribution is 0.665. The van der Waals surface area contributed by atoms with Crippen LogP contribution >= 0.6 is 0 Å². The second-order valence-corrected chi connectivity index (χ2v) is 22.5. The van der Waals surface area contributed by atoms with Gasteiger partial charge in [-0.05, 0) is 137 Å². The van der Waals surface area contributed by atoms with Crippen molar-refractivity contribution in [2.24, 2.45) is 0 Å². The van der Waals surface area contributed by atoms with Crippen LogP contribution in [0.25, 0.3) is 99.5 Å². The van der Waals surface area contributed by atoms with Gasteiger partial charge in [0.15, 0.2) is 5.58 Å². The normalized spacial score (nSPS) is 13.7. The zero-order chi connectivity index (χ0) is 54.4. The molecule has 0 fully saturated rings. The van der Waals surface area contributed by atoms with E-state index in [1.54, 1.807) is 0 Å². The summed E-state index contributed by atoms with van der Waals surface area (Å²) in [5.74, 6) is 0. The molecule has 83 heavy (non-hydrogen) atoms. The molecule has 18 rings (SSSR count). The summed E-state index contributed by atoms with van der Waals surface area (Å²) in [7, 11) is 0. The standard InChI is InChI=1S/C80H49NO2/c1-4-22-50(23-5-1)51-42-44-54(45-43-51)81(55-46-47-59-58-30-12-17-37-67(58)80(70(59)48-55)65-35-15-10-28-56(65)57-29-11-16-36-66(57)80)71-40-21-33-60-64-49-73-75(62-32-14-19-41-72(62)82-73)76(78(64)83-77(60)71)63-34-20-39-69-74(63)61-31-13-18-38-68(61)79(69,52-24-6-2-7-25-52)53-26-8-3-9-27-53/h1-49H. The largest absolute Gasteiger partial charge is 0.456 e. The Bertz CT molecular complexity index is 5040. The van der Waals surface area contributed by atoms with Crippen molar-refractivity contribution in [1.29, 1.82) is 0 Å². The molecule has 0 radical (unpaired) electrons. The summed E-state index contributed by atoms with van der Waals surface area (Å²) in [6, 6.07) is 109. The summed E-state index contributed by atoms with van der Waals surface area (Å²) in [6.45, 7) is 0. The number of hydrogen-bond donors (Lipinski definition) is 0. The second kappa shape index (κ2) is 17.4. The van der Waals surface area contributed by atoms with Crippen LogP contribution in [0.4, 0.5) is 17.1 Å². The van der Waals surface area contributed by atoms with Gasteiger partial charge in [-0.1, -0.05) is 255 Å². The molecule has 3 heteroatoms. The highest BCUT2D eigenvalue weighted by atomic mass is 16.3. The average Bonchev–Trinajstić information content (AvgIpc) is 2.84. The van der Waals surface area contributed by atoms with Crippen molar-refractivity contribution in [3.63, 3.8) is 0 Å². The van der Waals surface area contributed by atoms with E-state index in [0.717, 1.165) is 77.6 Å². The predicted octanol–water partition coefficient (Wildman–Crippen LogP) is 21.0. The molecular formula is C80H49NO2. The van der Waals surface area contributed by atoms with Crippen LogP contribution in [0, 0.1) is 0 Å². The topological polar surface area (TPSA) is 29.5 Å². The van der Waals surface area contributed by atoms with Gasteiger partial charge >= 0.3 is 0 Å². The van der Waals surface area contributed by atoms with E-state index in [0.29, 0.717) is 0 Å². The smallest absolute Gasteiger partial charge is 0.159 e. The minimum Gasteiger partial charge on any atom is -0.456 e. The molecule has 0 bridgehead atoms. The molecular weight excluding hydrogens is 1010 g/mol. The predicted molar refractivity (Wildman–Crippen MR) is 340 cm³/mol. The van der Waals surface area contributed by atoms with Gasteiger partial charge < -0.3 is 13.7 Å². The summed E-state index contributed by atoms with van der Waals surface area (Å²) in [5.41, 5.74) is 27.2. The SMILES string of the molecule is c1ccc(-c2ccc(N(c3ccc4c(c3)C3(c5ccccc5-c5ccccc53)c3ccccc3-4)c3cccc4c3oc3c(-c5cccc6c5-c5ccccc5C6(c5ccccc5)c5ccccc5)c5c(cc34)oc3ccccc35)cc2)cc1. The fourth-order valence-electron chi connectivity index (χ4n) is 15.3. The first-order valence-corrected chi connectivity index (χ1v) is 28.7. The number of para-hydroxylation sites is 2. The van der Waals surface area contributed by atoms with Gasteiger partial charge in [-0.15, -0.1) is 0 Å². The Morgan fingerprint density at radius 3 is 1.42 bits per heavy atom. The van der Waals surface area contributed by atoms with Crippen molar-refractivity contribution in [3.05, 3.63) is 342 Å².